The van der Waals surface area contributed by atoms with Gasteiger partial charge in [-0.2, -0.15) is 0 Å². The Morgan fingerprint density at radius 1 is 1.47 bits per heavy atom. The van der Waals surface area contributed by atoms with Crippen molar-refractivity contribution in [3.05, 3.63) is 34.6 Å². The first kappa shape index (κ1) is 14.8. The van der Waals surface area contributed by atoms with E-state index < -0.39 is 0 Å². The minimum atomic E-state index is -0.171. The first-order chi connectivity index (χ1) is 9.17. The summed E-state index contributed by atoms with van der Waals surface area (Å²) in [6, 6.07) is 4.89. The van der Waals surface area contributed by atoms with Crippen LogP contribution < -0.4 is 5.73 Å². The summed E-state index contributed by atoms with van der Waals surface area (Å²) in [4.78, 5) is 2.36. The van der Waals surface area contributed by atoms with Crippen molar-refractivity contribution in [2.24, 2.45) is 11.7 Å². The van der Waals surface area contributed by atoms with Gasteiger partial charge in [0.05, 0.1) is 0 Å². The van der Waals surface area contributed by atoms with Gasteiger partial charge in [0.2, 0.25) is 0 Å². The van der Waals surface area contributed by atoms with Gasteiger partial charge in [-0.05, 0) is 63.0 Å². The lowest BCUT2D eigenvalue weighted by atomic mass is 9.84. The number of hydrogen-bond acceptors (Lipinski definition) is 2. The van der Waals surface area contributed by atoms with Crippen LogP contribution in [-0.2, 0) is 0 Å². The number of halogens is 2. The van der Waals surface area contributed by atoms with Crippen LogP contribution in [0.5, 0.6) is 0 Å². The molecule has 0 bridgehead atoms. The van der Waals surface area contributed by atoms with Crippen LogP contribution in [0.1, 0.15) is 37.8 Å². The summed E-state index contributed by atoms with van der Waals surface area (Å²) in [7, 11) is 0. The molecule has 1 saturated heterocycles. The van der Waals surface area contributed by atoms with Crippen molar-refractivity contribution in [2.75, 3.05) is 19.6 Å². The maximum absolute atomic E-state index is 14.2. The third-order valence-corrected chi connectivity index (χ3v) is 4.19. The zero-order chi connectivity index (χ0) is 13.8. The van der Waals surface area contributed by atoms with Gasteiger partial charge < -0.3 is 5.73 Å². The van der Waals surface area contributed by atoms with Gasteiger partial charge in [-0.15, -0.1) is 0 Å². The quantitative estimate of drug-likeness (QED) is 0.915. The summed E-state index contributed by atoms with van der Waals surface area (Å²) >= 11 is 6.04. The second-order valence-corrected chi connectivity index (χ2v) is 5.72. The van der Waals surface area contributed by atoms with E-state index in [1.54, 1.807) is 12.1 Å². The fourth-order valence-electron chi connectivity index (χ4n) is 3.13. The molecule has 1 aliphatic heterocycles. The van der Waals surface area contributed by atoms with Gasteiger partial charge in [-0.3, -0.25) is 4.90 Å². The maximum atomic E-state index is 14.2. The highest BCUT2D eigenvalue weighted by Crippen LogP contribution is 2.37. The second-order valence-electron chi connectivity index (χ2n) is 5.28. The average molecular weight is 285 g/mol. The van der Waals surface area contributed by atoms with E-state index in [1.807, 2.05) is 0 Å². The van der Waals surface area contributed by atoms with Crippen LogP contribution in [0.2, 0.25) is 5.02 Å². The minimum Gasteiger partial charge on any atom is -0.330 e. The Bertz CT molecular complexity index is 423. The predicted molar refractivity (Wildman–Crippen MR) is 77.8 cm³/mol. The van der Waals surface area contributed by atoms with E-state index in [0.29, 0.717) is 23.0 Å². The van der Waals surface area contributed by atoms with Crippen molar-refractivity contribution in [3.8, 4) is 0 Å². The van der Waals surface area contributed by atoms with Crippen molar-refractivity contribution in [3.63, 3.8) is 0 Å². The summed E-state index contributed by atoms with van der Waals surface area (Å²) in [5, 5.41) is 0.592. The number of rotatable bonds is 4. The molecule has 0 aromatic heterocycles. The molecular weight excluding hydrogens is 263 g/mol. The lowest BCUT2D eigenvalue weighted by molar-refractivity contribution is 0.0933. The Hall–Kier alpha value is -0.640. The highest BCUT2D eigenvalue weighted by Gasteiger charge is 2.33. The topological polar surface area (TPSA) is 29.3 Å². The van der Waals surface area contributed by atoms with Gasteiger partial charge in [0.25, 0.3) is 0 Å². The van der Waals surface area contributed by atoms with Gasteiger partial charge >= 0.3 is 0 Å². The average Bonchev–Trinajstić information content (AvgIpc) is 2.42. The summed E-state index contributed by atoms with van der Waals surface area (Å²) in [5.74, 6) is 0.143. The van der Waals surface area contributed by atoms with Crippen LogP contribution in [0.15, 0.2) is 18.2 Å². The molecular formula is C15H22ClFN2. The van der Waals surface area contributed by atoms with Crippen LogP contribution in [-0.4, -0.2) is 24.5 Å². The normalized spacial score (nSPS) is 24.6. The summed E-state index contributed by atoms with van der Waals surface area (Å²) in [6.07, 6.45) is 3.27. The first-order valence-corrected chi connectivity index (χ1v) is 7.44. The van der Waals surface area contributed by atoms with E-state index >= 15 is 0 Å². The molecule has 2 unspecified atom stereocenters. The lowest BCUT2D eigenvalue weighted by Crippen LogP contribution is -2.42. The summed E-state index contributed by atoms with van der Waals surface area (Å²) in [5.41, 5.74) is 6.60. The second kappa shape index (κ2) is 6.69. The molecule has 1 fully saturated rings. The molecule has 1 aromatic rings. The van der Waals surface area contributed by atoms with Crippen LogP contribution in [0.25, 0.3) is 0 Å². The fraction of sp³-hybridized carbons (Fsp3) is 0.600. The molecule has 0 spiro atoms. The molecule has 19 heavy (non-hydrogen) atoms. The number of likely N-dealkylation sites (tertiary alicyclic amines) is 1. The van der Waals surface area contributed by atoms with Crippen LogP contribution in [0, 0.1) is 11.7 Å². The number of hydrogen-bond donors (Lipinski definition) is 1. The highest BCUT2D eigenvalue weighted by molar-refractivity contribution is 6.30. The monoisotopic (exact) mass is 284 g/mol. The molecule has 2 rings (SSSR count). The summed E-state index contributed by atoms with van der Waals surface area (Å²) in [6.45, 7) is 4.74. The minimum absolute atomic E-state index is 0.0670. The predicted octanol–water partition coefficient (Wildman–Crippen LogP) is 3.60. The number of piperidine rings is 1. The molecule has 2 atom stereocenters. The molecule has 2 N–H and O–H groups in total. The van der Waals surface area contributed by atoms with Gasteiger partial charge in [-0.1, -0.05) is 18.5 Å². The van der Waals surface area contributed by atoms with E-state index in [4.69, 9.17) is 17.3 Å². The van der Waals surface area contributed by atoms with Gasteiger partial charge in [0, 0.05) is 16.6 Å². The maximum Gasteiger partial charge on any atom is 0.128 e. The van der Waals surface area contributed by atoms with Gasteiger partial charge in [-0.25, -0.2) is 4.39 Å². The molecule has 1 aliphatic rings. The molecule has 2 nitrogen and oxygen atoms in total. The van der Waals surface area contributed by atoms with Gasteiger partial charge in [0.15, 0.2) is 0 Å². The van der Waals surface area contributed by atoms with E-state index in [1.165, 1.54) is 6.07 Å². The third-order valence-electron chi connectivity index (χ3n) is 3.95. The zero-order valence-corrected chi connectivity index (χ0v) is 12.2. The number of nitrogens with two attached hydrogens (primary N) is 1. The Morgan fingerprint density at radius 2 is 2.26 bits per heavy atom. The number of benzene rings is 1. The van der Waals surface area contributed by atoms with E-state index in [9.17, 15) is 4.39 Å². The molecule has 4 heteroatoms. The van der Waals surface area contributed by atoms with Crippen molar-refractivity contribution < 1.29 is 4.39 Å². The SMILES string of the molecule is CCCN1CCCC(CN)C1c1cc(Cl)ccc1F. The standard InChI is InChI=1S/C15H22ClFN2/c1-2-7-19-8-3-4-11(10-18)15(19)13-9-12(16)5-6-14(13)17/h5-6,9,11,15H,2-4,7-8,10,18H2,1H3. The summed E-state index contributed by atoms with van der Waals surface area (Å²) < 4.78 is 14.2. The first-order valence-electron chi connectivity index (χ1n) is 7.06. The Kier molecular flexibility index (Phi) is 5.20. The molecule has 106 valence electrons. The highest BCUT2D eigenvalue weighted by atomic mass is 35.5. The molecule has 0 amide bonds. The van der Waals surface area contributed by atoms with E-state index in [-0.39, 0.29) is 11.9 Å². The molecule has 0 aliphatic carbocycles. The van der Waals surface area contributed by atoms with E-state index in [2.05, 4.69) is 11.8 Å². The Morgan fingerprint density at radius 3 is 2.95 bits per heavy atom. The van der Waals surface area contributed by atoms with Crippen molar-refractivity contribution in [1.82, 2.24) is 4.90 Å². The fourth-order valence-corrected chi connectivity index (χ4v) is 3.31. The van der Waals surface area contributed by atoms with Crippen molar-refractivity contribution >= 4 is 11.6 Å². The van der Waals surface area contributed by atoms with Crippen LogP contribution in [0.3, 0.4) is 0 Å². The van der Waals surface area contributed by atoms with Gasteiger partial charge in [0.1, 0.15) is 5.82 Å². The largest absolute Gasteiger partial charge is 0.330 e. The van der Waals surface area contributed by atoms with Crippen molar-refractivity contribution in [1.29, 1.82) is 0 Å². The molecule has 0 radical (unpaired) electrons. The molecule has 1 heterocycles. The molecule has 1 aromatic carbocycles. The lowest BCUT2D eigenvalue weighted by Gasteiger charge is -2.41. The van der Waals surface area contributed by atoms with E-state index in [0.717, 1.165) is 32.4 Å². The Labute approximate surface area is 119 Å². The Balaban J connectivity index is 2.36. The molecule has 0 saturated carbocycles. The number of nitrogens with zero attached hydrogens (tertiary/aromatic N) is 1. The van der Waals surface area contributed by atoms with Crippen LogP contribution >= 0.6 is 11.6 Å². The smallest absolute Gasteiger partial charge is 0.128 e. The zero-order valence-electron chi connectivity index (χ0n) is 11.4. The third kappa shape index (κ3) is 3.28. The van der Waals surface area contributed by atoms with Crippen LogP contribution in [0.4, 0.5) is 4.39 Å². The van der Waals surface area contributed by atoms with Crippen molar-refractivity contribution in [2.45, 2.75) is 32.2 Å².